The van der Waals surface area contributed by atoms with Crippen molar-refractivity contribution in [2.45, 2.75) is 6.92 Å². The van der Waals surface area contributed by atoms with Crippen LogP contribution in [0.2, 0.25) is 5.02 Å². The molecule has 1 aromatic rings. The zero-order valence-corrected chi connectivity index (χ0v) is 7.80. The van der Waals surface area contributed by atoms with E-state index >= 15 is 0 Å². The fourth-order valence-corrected chi connectivity index (χ4v) is 1.05. The largest absolute Gasteiger partial charge is 0.546 e. The summed E-state index contributed by atoms with van der Waals surface area (Å²) >= 11 is 5.79. The molecule has 1 rings (SSSR count). The average Bonchev–Trinajstić information content (AvgIpc) is 2.07. The highest BCUT2D eigenvalue weighted by Crippen LogP contribution is 2.24. The van der Waals surface area contributed by atoms with Gasteiger partial charge in [-0.3, -0.25) is 0 Å². The standard InChI is InChI=1S/C9H9ClO3/c1-6-7(10)3-2-4-8(6)13-5-9(11)12/h2-4H,5H2,1H3,(H,11,12)/p-1. The number of rotatable bonds is 3. The van der Waals surface area contributed by atoms with Gasteiger partial charge in [0.2, 0.25) is 0 Å². The molecule has 0 N–H and O–H groups in total. The molecule has 70 valence electrons. The fourth-order valence-electron chi connectivity index (χ4n) is 0.881. The maximum absolute atomic E-state index is 10.1. The van der Waals surface area contributed by atoms with Gasteiger partial charge in [-0.1, -0.05) is 17.7 Å². The number of carbonyl (C=O) groups is 1. The van der Waals surface area contributed by atoms with Crippen LogP contribution in [-0.2, 0) is 4.79 Å². The van der Waals surface area contributed by atoms with E-state index in [1.54, 1.807) is 25.1 Å². The van der Waals surface area contributed by atoms with Crippen LogP contribution >= 0.6 is 11.6 Å². The van der Waals surface area contributed by atoms with Crippen molar-refractivity contribution in [2.24, 2.45) is 0 Å². The van der Waals surface area contributed by atoms with Gasteiger partial charge in [0.25, 0.3) is 0 Å². The molecule has 0 fully saturated rings. The van der Waals surface area contributed by atoms with Crippen molar-refractivity contribution in [1.82, 2.24) is 0 Å². The van der Waals surface area contributed by atoms with E-state index in [4.69, 9.17) is 16.3 Å². The van der Waals surface area contributed by atoms with Crippen molar-refractivity contribution in [3.05, 3.63) is 28.8 Å². The van der Waals surface area contributed by atoms with Gasteiger partial charge in [-0.15, -0.1) is 0 Å². The molecular formula is C9H8ClO3-. The first kappa shape index (κ1) is 9.86. The number of hydrogen-bond donors (Lipinski definition) is 0. The van der Waals surface area contributed by atoms with Crippen LogP contribution < -0.4 is 9.84 Å². The van der Waals surface area contributed by atoms with Crippen LogP contribution in [0, 0.1) is 6.92 Å². The third kappa shape index (κ3) is 2.63. The lowest BCUT2D eigenvalue weighted by atomic mass is 10.2. The van der Waals surface area contributed by atoms with Crippen molar-refractivity contribution in [2.75, 3.05) is 6.61 Å². The normalized spacial score (nSPS) is 9.69. The molecule has 0 atom stereocenters. The highest BCUT2D eigenvalue weighted by molar-refractivity contribution is 6.31. The van der Waals surface area contributed by atoms with Crippen LogP contribution in [0.25, 0.3) is 0 Å². The lowest BCUT2D eigenvalue weighted by molar-refractivity contribution is -0.307. The monoisotopic (exact) mass is 199 g/mol. The van der Waals surface area contributed by atoms with Crippen LogP contribution in [-0.4, -0.2) is 12.6 Å². The smallest absolute Gasteiger partial charge is 0.128 e. The summed E-state index contributed by atoms with van der Waals surface area (Å²) in [4.78, 5) is 10.1. The van der Waals surface area contributed by atoms with E-state index in [-0.39, 0.29) is 0 Å². The molecule has 0 saturated carbocycles. The molecule has 3 nitrogen and oxygen atoms in total. The summed E-state index contributed by atoms with van der Waals surface area (Å²) < 4.78 is 4.93. The topological polar surface area (TPSA) is 49.4 Å². The molecule has 0 unspecified atom stereocenters. The van der Waals surface area contributed by atoms with Gasteiger partial charge < -0.3 is 14.6 Å². The Bertz CT molecular complexity index is 323. The van der Waals surface area contributed by atoms with Gasteiger partial charge in [0.05, 0.1) is 5.97 Å². The summed E-state index contributed by atoms with van der Waals surface area (Å²) in [5.74, 6) is -0.781. The molecule has 0 amide bonds. The number of carbonyl (C=O) groups excluding carboxylic acids is 1. The first-order valence-corrected chi connectivity index (χ1v) is 4.07. The summed E-state index contributed by atoms with van der Waals surface area (Å²) in [6.45, 7) is 1.30. The minimum atomic E-state index is -1.25. The molecule has 0 aliphatic rings. The third-order valence-electron chi connectivity index (χ3n) is 1.56. The number of hydrogen-bond acceptors (Lipinski definition) is 3. The van der Waals surface area contributed by atoms with Crippen molar-refractivity contribution in [1.29, 1.82) is 0 Å². The predicted molar refractivity (Wildman–Crippen MR) is 46.7 cm³/mol. The number of carboxylic acid groups (broad SMARTS) is 1. The molecule has 0 bridgehead atoms. The Kier molecular flexibility index (Phi) is 3.14. The van der Waals surface area contributed by atoms with E-state index in [1.165, 1.54) is 0 Å². The maximum Gasteiger partial charge on any atom is 0.128 e. The minimum absolute atomic E-state index is 0.457. The Balaban J connectivity index is 2.77. The van der Waals surface area contributed by atoms with Crippen molar-refractivity contribution in [3.8, 4) is 5.75 Å². The Morgan fingerprint density at radius 1 is 1.62 bits per heavy atom. The molecule has 0 aromatic heterocycles. The summed E-state index contributed by atoms with van der Waals surface area (Å²) in [6.07, 6.45) is 0. The molecule has 0 aliphatic carbocycles. The summed E-state index contributed by atoms with van der Waals surface area (Å²) in [6, 6.07) is 5.06. The second-order valence-electron chi connectivity index (χ2n) is 2.52. The van der Waals surface area contributed by atoms with Gasteiger partial charge in [0.15, 0.2) is 0 Å². The summed E-state index contributed by atoms with van der Waals surface area (Å²) in [7, 11) is 0. The quantitative estimate of drug-likeness (QED) is 0.723. The van der Waals surface area contributed by atoms with E-state index in [0.29, 0.717) is 10.8 Å². The van der Waals surface area contributed by atoms with Crippen molar-refractivity contribution in [3.63, 3.8) is 0 Å². The number of aliphatic carboxylic acids is 1. The zero-order chi connectivity index (χ0) is 9.84. The highest BCUT2D eigenvalue weighted by atomic mass is 35.5. The van der Waals surface area contributed by atoms with E-state index in [0.717, 1.165) is 5.56 Å². The van der Waals surface area contributed by atoms with E-state index in [1.807, 2.05) is 0 Å². The SMILES string of the molecule is Cc1c(Cl)cccc1OCC(=O)[O-]. The number of ether oxygens (including phenoxy) is 1. The molecule has 0 heterocycles. The Hall–Kier alpha value is -1.22. The first-order chi connectivity index (χ1) is 6.11. The van der Waals surface area contributed by atoms with Gasteiger partial charge >= 0.3 is 0 Å². The Morgan fingerprint density at radius 2 is 2.31 bits per heavy atom. The van der Waals surface area contributed by atoms with Crippen LogP contribution in [0.5, 0.6) is 5.75 Å². The molecule has 4 heteroatoms. The molecule has 0 spiro atoms. The number of halogens is 1. The van der Waals surface area contributed by atoms with Gasteiger partial charge in [-0.2, -0.15) is 0 Å². The van der Waals surface area contributed by atoms with E-state index < -0.39 is 12.6 Å². The van der Waals surface area contributed by atoms with E-state index in [9.17, 15) is 9.90 Å². The van der Waals surface area contributed by atoms with Crippen molar-refractivity contribution >= 4 is 17.6 Å². The minimum Gasteiger partial charge on any atom is -0.546 e. The average molecular weight is 200 g/mol. The van der Waals surface area contributed by atoms with Crippen LogP contribution in [0.15, 0.2) is 18.2 Å². The van der Waals surface area contributed by atoms with Gasteiger partial charge in [-0.05, 0) is 19.1 Å². The number of benzene rings is 1. The third-order valence-corrected chi connectivity index (χ3v) is 1.97. The molecule has 13 heavy (non-hydrogen) atoms. The predicted octanol–water partition coefficient (Wildman–Crippen LogP) is 0.777. The van der Waals surface area contributed by atoms with E-state index in [2.05, 4.69) is 0 Å². The second kappa shape index (κ2) is 4.14. The number of carboxylic acids is 1. The summed E-state index contributed by atoms with van der Waals surface area (Å²) in [5, 5.41) is 10.7. The highest BCUT2D eigenvalue weighted by Gasteiger charge is 2.02. The van der Waals surface area contributed by atoms with Crippen LogP contribution in [0.4, 0.5) is 0 Å². The van der Waals surface area contributed by atoms with Gasteiger partial charge in [-0.25, -0.2) is 0 Å². The molecule has 0 saturated heterocycles. The molecule has 0 radical (unpaired) electrons. The molecule has 0 aliphatic heterocycles. The molecule has 1 aromatic carbocycles. The Morgan fingerprint density at radius 3 is 2.92 bits per heavy atom. The fraction of sp³-hybridized carbons (Fsp3) is 0.222. The zero-order valence-electron chi connectivity index (χ0n) is 7.04. The lowest BCUT2D eigenvalue weighted by Crippen LogP contribution is -2.29. The van der Waals surface area contributed by atoms with Crippen molar-refractivity contribution < 1.29 is 14.6 Å². The van der Waals surface area contributed by atoms with Gasteiger partial charge in [0.1, 0.15) is 12.4 Å². The first-order valence-electron chi connectivity index (χ1n) is 3.69. The lowest BCUT2D eigenvalue weighted by Gasteiger charge is -2.09. The summed E-state index contributed by atoms with van der Waals surface area (Å²) in [5.41, 5.74) is 0.727. The Labute approximate surface area is 80.9 Å². The van der Waals surface area contributed by atoms with Gasteiger partial charge in [0, 0.05) is 10.6 Å². The van der Waals surface area contributed by atoms with Crippen LogP contribution in [0.3, 0.4) is 0 Å². The molecular weight excluding hydrogens is 192 g/mol. The second-order valence-corrected chi connectivity index (χ2v) is 2.93. The maximum atomic E-state index is 10.1. The van der Waals surface area contributed by atoms with Crippen LogP contribution in [0.1, 0.15) is 5.56 Å².